The van der Waals surface area contributed by atoms with E-state index in [2.05, 4.69) is 27.8 Å². The summed E-state index contributed by atoms with van der Waals surface area (Å²) in [6.45, 7) is 4.22. The third kappa shape index (κ3) is 6.41. The van der Waals surface area contributed by atoms with Crippen LogP contribution in [-0.4, -0.2) is 20.8 Å². The Hall–Kier alpha value is -3.36. The largest absolute Gasteiger partial charge is 0.331 e. The second-order valence-electron chi connectivity index (χ2n) is 7.94. The molecule has 1 heterocycles. The molecule has 4 rings (SSSR count). The van der Waals surface area contributed by atoms with Gasteiger partial charge in [-0.15, -0.1) is 10.2 Å². The van der Waals surface area contributed by atoms with Crippen LogP contribution in [0.25, 0.3) is 5.69 Å². The summed E-state index contributed by atoms with van der Waals surface area (Å²) in [6, 6.07) is 19.3. The first-order chi connectivity index (χ1) is 16.9. The Bertz CT molecular complexity index is 1310. The first-order valence-corrected chi connectivity index (χ1v) is 12.5. The number of aromatic nitrogens is 3. The molecular weight excluding hydrogens is 485 g/mol. The minimum Gasteiger partial charge on any atom is -0.331 e. The number of anilines is 1. The Labute approximate surface area is 212 Å². The standard InChI is InChI=1S/C26H25ClFN5OS/c1-3-18-7-12-22(13-8-18)30-25(34)29-15-24-31-32-26(35-16-19-5-10-21(28)11-6-19)33(24)23-14-20(27)9-4-17(23)2/h4-14H,3,15-16H2,1-2H3,(H2,29,30,34). The maximum absolute atomic E-state index is 13.3. The molecule has 3 aromatic carbocycles. The molecule has 4 aromatic rings. The third-order valence-electron chi connectivity index (χ3n) is 5.42. The molecule has 0 saturated heterocycles. The molecule has 0 bridgehead atoms. The lowest BCUT2D eigenvalue weighted by Crippen LogP contribution is -2.29. The van der Waals surface area contributed by atoms with Gasteiger partial charge in [-0.25, -0.2) is 9.18 Å². The van der Waals surface area contributed by atoms with Crippen LogP contribution in [0, 0.1) is 12.7 Å². The van der Waals surface area contributed by atoms with Crippen molar-refractivity contribution in [3.05, 3.63) is 100 Å². The van der Waals surface area contributed by atoms with E-state index in [4.69, 9.17) is 11.6 Å². The first kappa shape index (κ1) is 24.8. The van der Waals surface area contributed by atoms with E-state index in [1.807, 2.05) is 54.0 Å². The number of carbonyl (C=O) groups is 1. The van der Waals surface area contributed by atoms with E-state index >= 15 is 0 Å². The van der Waals surface area contributed by atoms with Crippen molar-refractivity contribution in [2.45, 2.75) is 37.7 Å². The van der Waals surface area contributed by atoms with Gasteiger partial charge in [0, 0.05) is 16.5 Å². The molecule has 9 heteroatoms. The molecule has 0 saturated carbocycles. The number of nitrogens with zero attached hydrogens (tertiary/aromatic N) is 3. The van der Waals surface area contributed by atoms with E-state index in [1.165, 1.54) is 29.5 Å². The van der Waals surface area contributed by atoms with Gasteiger partial charge in [-0.05, 0) is 66.4 Å². The summed E-state index contributed by atoms with van der Waals surface area (Å²) in [5, 5.41) is 15.6. The number of halogens is 2. The molecule has 6 nitrogen and oxygen atoms in total. The summed E-state index contributed by atoms with van der Waals surface area (Å²) in [5.74, 6) is 0.873. The number of benzene rings is 3. The Morgan fingerprint density at radius 3 is 2.46 bits per heavy atom. The fourth-order valence-electron chi connectivity index (χ4n) is 3.46. The van der Waals surface area contributed by atoms with E-state index < -0.39 is 0 Å². The highest BCUT2D eigenvalue weighted by Gasteiger charge is 2.17. The summed E-state index contributed by atoms with van der Waals surface area (Å²) in [4.78, 5) is 12.5. The van der Waals surface area contributed by atoms with Crippen molar-refractivity contribution in [1.82, 2.24) is 20.1 Å². The van der Waals surface area contributed by atoms with Gasteiger partial charge in [0.1, 0.15) is 5.82 Å². The van der Waals surface area contributed by atoms with Crippen LogP contribution in [0.4, 0.5) is 14.9 Å². The molecular formula is C26H25ClFN5OS. The number of carbonyl (C=O) groups excluding carboxylic acids is 1. The average molecular weight is 510 g/mol. The van der Waals surface area contributed by atoms with Crippen LogP contribution >= 0.6 is 23.4 Å². The van der Waals surface area contributed by atoms with E-state index in [0.717, 1.165) is 23.2 Å². The summed E-state index contributed by atoms with van der Waals surface area (Å²) in [7, 11) is 0. The van der Waals surface area contributed by atoms with Crippen LogP contribution in [0.15, 0.2) is 71.9 Å². The number of rotatable bonds is 8. The van der Waals surface area contributed by atoms with Crippen molar-refractivity contribution in [1.29, 1.82) is 0 Å². The highest BCUT2D eigenvalue weighted by molar-refractivity contribution is 7.98. The molecule has 0 atom stereocenters. The van der Waals surface area contributed by atoms with Crippen LogP contribution in [0.3, 0.4) is 0 Å². The lowest BCUT2D eigenvalue weighted by molar-refractivity contribution is 0.251. The summed E-state index contributed by atoms with van der Waals surface area (Å²) < 4.78 is 15.2. The zero-order chi connectivity index (χ0) is 24.8. The number of hydrogen-bond acceptors (Lipinski definition) is 4. The smallest absolute Gasteiger partial charge is 0.319 e. The molecule has 0 aliphatic heterocycles. The molecule has 0 radical (unpaired) electrons. The van der Waals surface area contributed by atoms with Crippen LogP contribution in [0.5, 0.6) is 0 Å². The van der Waals surface area contributed by atoms with E-state index in [9.17, 15) is 9.18 Å². The monoisotopic (exact) mass is 509 g/mol. The van der Waals surface area contributed by atoms with Crippen molar-refractivity contribution in [2.24, 2.45) is 0 Å². The molecule has 0 aliphatic carbocycles. The number of urea groups is 1. The highest BCUT2D eigenvalue weighted by atomic mass is 35.5. The third-order valence-corrected chi connectivity index (χ3v) is 6.66. The van der Waals surface area contributed by atoms with Gasteiger partial charge in [0.25, 0.3) is 0 Å². The fraction of sp³-hybridized carbons (Fsp3) is 0.192. The molecule has 35 heavy (non-hydrogen) atoms. The number of aryl methyl sites for hydroxylation is 2. The van der Waals surface area contributed by atoms with Gasteiger partial charge in [-0.3, -0.25) is 4.57 Å². The van der Waals surface area contributed by atoms with Gasteiger partial charge in [-0.2, -0.15) is 0 Å². The Balaban J connectivity index is 1.53. The first-order valence-electron chi connectivity index (χ1n) is 11.1. The minimum atomic E-state index is -0.341. The highest BCUT2D eigenvalue weighted by Crippen LogP contribution is 2.28. The van der Waals surface area contributed by atoms with Gasteiger partial charge in [0.2, 0.25) is 0 Å². The molecule has 180 valence electrons. The van der Waals surface area contributed by atoms with Gasteiger partial charge in [0.05, 0.1) is 12.2 Å². The molecule has 2 N–H and O–H groups in total. The van der Waals surface area contributed by atoms with E-state index in [0.29, 0.717) is 27.4 Å². The van der Waals surface area contributed by atoms with Gasteiger partial charge in [-0.1, -0.05) is 60.6 Å². The zero-order valence-corrected chi connectivity index (χ0v) is 21.0. The molecule has 0 fully saturated rings. The number of hydrogen-bond donors (Lipinski definition) is 2. The van der Waals surface area contributed by atoms with E-state index in [1.54, 1.807) is 12.1 Å². The zero-order valence-electron chi connectivity index (χ0n) is 19.4. The topological polar surface area (TPSA) is 71.8 Å². The Morgan fingerprint density at radius 1 is 1.03 bits per heavy atom. The average Bonchev–Trinajstić information content (AvgIpc) is 3.27. The molecule has 2 amide bonds. The van der Waals surface area contributed by atoms with Crippen molar-refractivity contribution in [3.63, 3.8) is 0 Å². The van der Waals surface area contributed by atoms with Crippen molar-refractivity contribution < 1.29 is 9.18 Å². The summed E-state index contributed by atoms with van der Waals surface area (Å²) >= 11 is 7.76. The lowest BCUT2D eigenvalue weighted by atomic mass is 10.1. The molecule has 0 aliphatic rings. The maximum Gasteiger partial charge on any atom is 0.319 e. The number of amides is 2. The van der Waals surface area contributed by atoms with Crippen LogP contribution < -0.4 is 10.6 Å². The van der Waals surface area contributed by atoms with E-state index in [-0.39, 0.29) is 18.4 Å². The predicted octanol–water partition coefficient (Wildman–Crippen LogP) is 6.54. The van der Waals surface area contributed by atoms with Crippen LogP contribution in [-0.2, 0) is 18.7 Å². The SMILES string of the molecule is CCc1ccc(NC(=O)NCc2nnc(SCc3ccc(F)cc3)n2-c2cc(Cl)ccc2C)cc1. The van der Waals surface area contributed by atoms with Gasteiger partial charge < -0.3 is 10.6 Å². The summed E-state index contributed by atoms with van der Waals surface area (Å²) in [6.07, 6.45) is 0.937. The molecule has 1 aromatic heterocycles. The number of nitrogens with one attached hydrogen (secondary N) is 2. The predicted molar refractivity (Wildman–Crippen MR) is 139 cm³/mol. The molecule has 0 unspecified atom stereocenters. The van der Waals surface area contributed by atoms with Crippen molar-refractivity contribution >= 4 is 35.1 Å². The maximum atomic E-state index is 13.3. The van der Waals surface area contributed by atoms with Crippen LogP contribution in [0.2, 0.25) is 5.02 Å². The number of thioether (sulfide) groups is 1. The second kappa shape index (κ2) is 11.4. The second-order valence-corrected chi connectivity index (χ2v) is 9.32. The van der Waals surface area contributed by atoms with Gasteiger partial charge in [0.15, 0.2) is 11.0 Å². The van der Waals surface area contributed by atoms with Crippen molar-refractivity contribution in [2.75, 3.05) is 5.32 Å². The van der Waals surface area contributed by atoms with Crippen LogP contribution in [0.1, 0.15) is 29.4 Å². The van der Waals surface area contributed by atoms with Gasteiger partial charge >= 0.3 is 6.03 Å². The fourth-order valence-corrected chi connectivity index (χ4v) is 4.55. The quantitative estimate of drug-likeness (QED) is 0.264. The van der Waals surface area contributed by atoms with Crippen molar-refractivity contribution in [3.8, 4) is 5.69 Å². The minimum absolute atomic E-state index is 0.162. The summed E-state index contributed by atoms with van der Waals surface area (Å²) in [5.41, 5.74) is 4.69. The molecule has 0 spiro atoms. The normalized spacial score (nSPS) is 10.9. The lowest BCUT2D eigenvalue weighted by Gasteiger charge is -2.14. The Kier molecular flexibility index (Phi) is 8.05. The Morgan fingerprint density at radius 2 is 1.74 bits per heavy atom.